The second-order valence-corrected chi connectivity index (χ2v) is 6.48. The molecular weight excluding hydrogens is 446 g/mol. The molecule has 0 aliphatic carbocycles. The number of halogens is 6. The lowest BCUT2D eigenvalue weighted by Gasteiger charge is -2.24. The smallest absolute Gasteiger partial charge is 0.273 e. The summed E-state index contributed by atoms with van der Waals surface area (Å²) in [6, 6.07) is 2.71. The van der Waals surface area contributed by atoms with Crippen LogP contribution in [-0.2, 0) is 21.9 Å². The van der Waals surface area contributed by atoms with Crippen LogP contribution in [-0.4, -0.2) is 49.7 Å². The molecule has 0 bridgehead atoms. The van der Waals surface area contributed by atoms with Gasteiger partial charge in [-0.15, -0.1) is 5.10 Å². The highest BCUT2D eigenvalue weighted by molar-refractivity contribution is 5.93. The van der Waals surface area contributed by atoms with Gasteiger partial charge in [0.1, 0.15) is 12.9 Å². The zero-order valence-electron chi connectivity index (χ0n) is 15.9. The summed E-state index contributed by atoms with van der Waals surface area (Å²) < 4.78 is 79.0. The van der Waals surface area contributed by atoms with Gasteiger partial charge >= 0.3 is 12.4 Å². The van der Waals surface area contributed by atoms with Crippen molar-refractivity contribution in [2.24, 2.45) is 0 Å². The van der Waals surface area contributed by atoms with E-state index in [2.05, 4.69) is 10.1 Å². The fourth-order valence-corrected chi connectivity index (χ4v) is 2.84. The number of amides is 2. The van der Waals surface area contributed by atoms with Gasteiger partial charge in [0, 0.05) is 24.3 Å². The van der Waals surface area contributed by atoms with Gasteiger partial charge in [-0.1, -0.05) is 0 Å². The Labute approximate surface area is 175 Å². The molecule has 1 aliphatic heterocycles. The van der Waals surface area contributed by atoms with Gasteiger partial charge in [0.25, 0.3) is 5.91 Å². The molecule has 0 unspecified atom stereocenters. The largest absolute Gasteiger partial charge is 0.416 e. The van der Waals surface area contributed by atoms with Crippen molar-refractivity contribution in [3.05, 3.63) is 41.7 Å². The summed E-state index contributed by atoms with van der Waals surface area (Å²) in [6.45, 7) is -0.278. The van der Waals surface area contributed by atoms with Crippen LogP contribution >= 0.6 is 0 Å². The van der Waals surface area contributed by atoms with E-state index in [-0.39, 0.29) is 25.6 Å². The third kappa shape index (κ3) is 4.88. The molecule has 2 aromatic rings. The average molecular weight is 458 g/mol. The molecule has 1 aliphatic rings. The maximum atomic E-state index is 13.0. The second-order valence-electron chi connectivity index (χ2n) is 6.48. The first kappa shape index (κ1) is 22.8. The van der Waals surface area contributed by atoms with E-state index in [4.69, 9.17) is 5.26 Å². The minimum Gasteiger partial charge on any atom is -0.273 e. The number of nitrogens with zero attached hydrogens (tertiary/aromatic N) is 6. The quantitative estimate of drug-likeness (QED) is 0.399. The molecule has 168 valence electrons. The van der Waals surface area contributed by atoms with E-state index in [1.165, 1.54) is 0 Å². The van der Waals surface area contributed by atoms with Crippen LogP contribution in [0.4, 0.5) is 26.3 Å². The van der Waals surface area contributed by atoms with E-state index < -0.39 is 46.7 Å². The third-order valence-corrected chi connectivity index (χ3v) is 4.32. The summed E-state index contributed by atoms with van der Waals surface area (Å²) >= 11 is 0. The first-order valence-electron chi connectivity index (χ1n) is 8.78. The van der Waals surface area contributed by atoms with Crippen molar-refractivity contribution in [1.82, 2.24) is 24.8 Å². The first-order valence-corrected chi connectivity index (χ1v) is 8.78. The van der Waals surface area contributed by atoms with Crippen molar-refractivity contribution in [2.45, 2.75) is 18.8 Å². The van der Waals surface area contributed by atoms with Crippen molar-refractivity contribution < 1.29 is 35.9 Å². The van der Waals surface area contributed by atoms with Crippen molar-refractivity contribution in [3.8, 4) is 17.5 Å². The fourth-order valence-electron chi connectivity index (χ4n) is 2.84. The zero-order chi connectivity index (χ0) is 23.7. The van der Waals surface area contributed by atoms with Gasteiger partial charge in [-0.3, -0.25) is 9.59 Å². The summed E-state index contributed by atoms with van der Waals surface area (Å²) in [4.78, 5) is 27.6. The molecule has 0 saturated carbocycles. The van der Waals surface area contributed by atoms with Gasteiger partial charge in [-0.2, -0.15) is 31.6 Å². The van der Waals surface area contributed by atoms with Gasteiger partial charge in [0.05, 0.1) is 23.7 Å². The Balaban J connectivity index is 1.85. The molecule has 0 atom stereocenters. The molecule has 2 amide bonds. The van der Waals surface area contributed by atoms with Gasteiger partial charge in [-0.05, 0) is 18.2 Å². The van der Waals surface area contributed by atoms with E-state index >= 15 is 0 Å². The molecule has 2 heterocycles. The fraction of sp³-hybridized carbons (Fsp3) is 0.278. The topological polar surface area (TPSA) is 95.1 Å². The Morgan fingerprint density at radius 1 is 1.12 bits per heavy atom. The number of carbonyl (C=O) groups is 2. The highest BCUT2D eigenvalue weighted by atomic mass is 19.4. The zero-order valence-corrected chi connectivity index (χ0v) is 15.9. The van der Waals surface area contributed by atoms with E-state index in [9.17, 15) is 35.9 Å². The van der Waals surface area contributed by atoms with Crippen LogP contribution in [0.1, 0.15) is 17.5 Å². The van der Waals surface area contributed by atoms with Crippen molar-refractivity contribution in [2.75, 3.05) is 13.1 Å². The number of alkyl halides is 6. The van der Waals surface area contributed by atoms with Gasteiger partial charge in [-0.25, -0.2) is 19.7 Å². The van der Waals surface area contributed by atoms with Crippen molar-refractivity contribution >= 4 is 18.0 Å². The highest BCUT2D eigenvalue weighted by Crippen LogP contribution is 2.38. The molecule has 0 radical (unpaired) electrons. The molecule has 1 aromatic heterocycles. The Hall–Kier alpha value is -3.89. The molecule has 1 aromatic carbocycles. The van der Waals surface area contributed by atoms with E-state index in [1.54, 1.807) is 6.07 Å². The molecule has 1 fully saturated rings. The standard InChI is InChI=1S/C18H12F6N6O2/c19-17(20,21)12-7-11(8-13(9-12)18(22,23)24)16-26-10-28(27-16)4-1-14(31)29-5-2-15(32)30(29)6-3-25/h1,4,7-10H,2,5-6H2. The van der Waals surface area contributed by atoms with Crippen molar-refractivity contribution in [1.29, 1.82) is 5.26 Å². The highest BCUT2D eigenvalue weighted by Gasteiger charge is 2.37. The molecule has 14 heteroatoms. The third-order valence-electron chi connectivity index (χ3n) is 4.32. The molecular formula is C18H12F6N6O2. The predicted molar refractivity (Wildman–Crippen MR) is 94.4 cm³/mol. The van der Waals surface area contributed by atoms with Crippen LogP contribution < -0.4 is 0 Å². The number of rotatable bonds is 4. The number of nitriles is 1. The molecule has 0 spiro atoms. The number of hydrazine groups is 1. The number of hydrogen-bond donors (Lipinski definition) is 0. The van der Waals surface area contributed by atoms with Crippen LogP contribution in [0.5, 0.6) is 0 Å². The Bertz CT molecular complexity index is 1080. The van der Waals surface area contributed by atoms with Crippen LogP contribution in [0.3, 0.4) is 0 Å². The van der Waals surface area contributed by atoms with Gasteiger partial charge in [0.2, 0.25) is 5.91 Å². The first-order chi connectivity index (χ1) is 14.9. The molecule has 8 nitrogen and oxygen atoms in total. The lowest BCUT2D eigenvalue weighted by molar-refractivity contribution is -0.149. The summed E-state index contributed by atoms with van der Waals surface area (Å²) in [5, 5.41) is 14.5. The minimum absolute atomic E-state index is 0.0105. The van der Waals surface area contributed by atoms with E-state index in [0.29, 0.717) is 12.1 Å². The SMILES string of the molecule is N#CCN1C(=O)CCN1C(=O)C=Cn1cnc(-c2cc(C(F)(F)F)cc(C(F)(F)F)c2)n1. The van der Waals surface area contributed by atoms with Crippen LogP contribution in [0.2, 0.25) is 0 Å². The van der Waals surface area contributed by atoms with Crippen molar-refractivity contribution in [3.63, 3.8) is 0 Å². The van der Waals surface area contributed by atoms with Crippen LogP contribution in [0, 0.1) is 11.3 Å². The normalized spacial score (nSPS) is 15.0. The minimum atomic E-state index is -5.02. The maximum absolute atomic E-state index is 13.0. The van der Waals surface area contributed by atoms with Gasteiger partial charge in [0.15, 0.2) is 5.82 Å². The summed E-state index contributed by atoms with van der Waals surface area (Å²) in [6.07, 6.45) is -7.00. The molecule has 1 saturated heterocycles. The molecule has 0 N–H and O–H groups in total. The van der Waals surface area contributed by atoms with Crippen LogP contribution in [0.25, 0.3) is 17.6 Å². The predicted octanol–water partition coefficient (Wildman–Crippen LogP) is 2.95. The van der Waals surface area contributed by atoms with E-state index in [1.807, 2.05) is 0 Å². The summed E-state index contributed by atoms with van der Waals surface area (Å²) in [7, 11) is 0. The number of carbonyl (C=O) groups excluding carboxylic acids is 2. The average Bonchev–Trinajstić information content (AvgIpc) is 3.32. The summed E-state index contributed by atoms with van der Waals surface area (Å²) in [5.74, 6) is -1.52. The Kier molecular flexibility index (Phi) is 5.93. The maximum Gasteiger partial charge on any atom is 0.416 e. The molecule has 32 heavy (non-hydrogen) atoms. The number of benzene rings is 1. The second kappa shape index (κ2) is 8.33. The van der Waals surface area contributed by atoms with E-state index in [0.717, 1.165) is 33.3 Å². The van der Waals surface area contributed by atoms with Crippen LogP contribution in [0.15, 0.2) is 30.6 Å². The van der Waals surface area contributed by atoms with Gasteiger partial charge < -0.3 is 0 Å². The number of aromatic nitrogens is 3. The lowest BCUT2D eigenvalue weighted by Crippen LogP contribution is -2.42. The molecule has 3 rings (SSSR count). The lowest BCUT2D eigenvalue weighted by atomic mass is 10.0. The number of hydrogen-bond acceptors (Lipinski definition) is 5. The Morgan fingerprint density at radius 2 is 1.75 bits per heavy atom. The summed E-state index contributed by atoms with van der Waals surface area (Å²) in [5.41, 5.74) is -3.54. The Morgan fingerprint density at radius 3 is 2.31 bits per heavy atom. The monoisotopic (exact) mass is 458 g/mol.